The van der Waals surface area contributed by atoms with E-state index in [1.165, 1.54) is 44.8 Å². The van der Waals surface area contributed by atoms with Crippen molar-refractivity contribution in [2.75, 3.05) is 11.5 Å². The second kappa shape index (κ2) is 12.2. The minimum absolute atomic E-state index is 0.472. The van der Waals surface area contributed by atoms with Crippen LogP contribution < -0.4 is 0 Å². The molecule has 0 saturated heterocycles. The van der Waals surface area contributed by atoms with Gasteiger partial charge in [-0.05, 0) is 24.3 Å². The van der Waals surface area contributed by atoms with Gasteiger partial charge in [-0.15, -0.1) is 0 Å². The van der Waals surface area contributed by atoms with Gasteiger partial charge in [-0.2, -0.15) is 0 Å². The summed E-state index contributed by atoms with van der Waals surface area (Å²) in [5.41, 5.74) is 0. The van der Waals surface area contributed by atoms with Crippen LogP contribution in [0.4, 0.5) is 0 Å². The topological polar surface area (TPSA) is 0 Å². The van der Waals surface area contributed by atoms with Gasteiger partial charge in [0.05, 0.1) is 0 Å². The monoisotopic (exact) mass is 513 g/mol. The summed E-state index contributed by atoms with van der Waals surface area (Å²) in [5, 5.41) is 0. The van der Waals surface area contributed by atoms with Gasteiger partial charge in [-0.3, -0.25) is 0 Å². The minimum atomic E-state index is -0.472. The summed E-state index contributed by atoms with van der Waals surface area (Å²) in [6.45, 7) is 0. The number of hydrogen-bond acceptors (Lipinski definition) is 0. The van der Waals surface area contributed by atoms with E-state index in [0.29, 0.717) is 0 Å². The molecule has 0 aromatic heterocycles. The maximum absolute atomic E-state index is 4.88. The molecule has 0 unspecified atom stereocenters. The quantitative estimate of drug-likeness (QED) is 0.320. The van der Waals surface area contributed by atoms with Crippen LogP contribution in [0.5, 0.6) is 0 Å². The van der Waals surface area contributed by atoms with E-state index in [9.17, 15) is 0 Å². The molecule has 19 heavy (non-hydrogen) atoms. The van der Waals surface area contributed by atoms with Gasteiger partial charge >= 0.3 is 35.3 Å². The smallest absolute Gasteiger partial charge is 0.0619 e. The summed E-state index contributed by atoms with van der Waals surface area (Å²) < 4.78 is 0. The summed E-state index contributed by atoms with van der Waals surface area (Å²) in [6.07, 6.45) is 0. The molecule has 0 heterocycles. The Morgan fingerprint density at radius 2 is 1.00 bits per heavy atom. The van der Waals surface area contributed by atoms with Crippen LogP contribution in [0.1, 0.15) is 0 Å². The SMILES string of the molecule is [Cl][Pt][Cl].c1ccc([SH+]CC[SH+]c2ccccc2)cc1. The van der Waals surface area contributed by atoms with Gasteiger partial charge in [-0.25, -0.2) is 0 Å². The van der Waals surface area contributed by atoms with Crippen LogP contribution in [-0.2, 0) is 40.0 Å². The van der Waals surface area contributed by atoms with Gasteiger partial charge in [0.15, 0.2) is 21.3 Å². The van der Waals surface area contributed by atoms with Crippen molar-refractivity contribution in [2.45, 2.75) is 9.79 Å². The maximum Gasteiger partial charge on any atom is 0.155 e. The Bertz CT molecular complexity index is 384. The molecule has 0 spiro atoms. The van der Waals surface area contributed by atoms with E-state index >= 15 is 0 Å². The van der Waals surface area contributed by atoms with Gasteiger partial charge < -0.3 is 0 Å². The molecule has 5 heteroatoms. The fourth-order valence-electron chi connectivity index (χ4n) is 1.43. The van der Waals surface area contributed by atoms with Crippen molar-refractivity contribution >= 4 is 42.4 Å². The van der Waals surface area contributed by atoms with Gasteiger partial charge in [0.1, 0.15) is 0 Å². The van der Waals surface area contributed by atoms with Crippen molar-refractivity contribution in [3.63, 3.8) is 0 Å². The number of rotatable bonds is 5. The van der Waals surface area contributed by atoms with Crippen molar-refractivity contribution in [1.82, 2.24) is 0 Å². The third-order valence-electron chi connectivity index (χ3n) is 2.20. The van der Waals surface area contributed by atoms with Crippen LogP contribution in [0.25, 0.3) is 0 Å². The van der Waals surface area contributed by atoms with E-state index in [-0.39, 0.29) is 0 Å². The summed E-state index contributed by atoms with van der Waals surface area (Å²) in [7, 11) is 9.75. The molecule has 0 fully saturated rings. The molecule has 0 aliphatic carbocycles. The average Bonchev–Trinajstić information content (AvgIpc) is 2.47. The summed E-state index contributed by atoms with van der Waals surface area (Å²) >= 11 is 2.41. The second-order valence-electron chi connectivity index (χ2n) is 3.48. The number of thiol groups is 2. The number of hydrogen-bond donors (Lipinski definition) is 0. The second-order valence-corrected chi connectivity index (χ2v) is 9.32. The van der Waals surface area contributed by atoms with Crippen molar-refractivity contribution in [1.29, 1.82) is 0 Å². The zero-order chi connectivity index (χ0) is 13.8. The molecular formula is C14H16Cl2PtS2+2. The number of halogens is 2. The van der Waals surface area contributed by atoms with Crippen LogP contribution >= 0.6 is 18.8 Å². The molecule has 0 aliphatic rings. The van der Waals surface area contributed by atoms with Gasteiger partial charge in [0.2, 0.25) is 0 Å². The Labute approximate surface area is 140 Å². The minimum Gasteiger partial charge on any atom is -0.0619 e. The molecular weight excluding hydrogens is 498 g/mol. The first-order valence-corrected chi connectivity index (χ1v) is 13.4. The molecule has 0 bridgehead atoms. The Morgan fingerprint density at radius 3 is 1.32 bits per heavy atom. The van der Waals surface area contributed by atoms with E-state index in [0.717, 1.165) is 0 Å². The Morgan fingerprint density at radius 1 is 0.684 bits per heavy atom. The fraction of sp³-hybridized carbons (Fsp3) is 0.143. The summed E-state index contributed by atoms with van der Waals surface area (Å²) in [5.74, 6) is 2.47. The molecule has 2 aromatic rings. The molecule has 2 aromatic carbocycles. The zero-order valence-corrected chi connectivity index (χ0v) is 15.7. The zero-order valence-electron chi connectivity index (χ0n) is 10.2. The van der Waals surface area contributed by atoms with Crippen molar-refractivity contribution in [2.24, 2.45) is 0 Å². The van der Waals surface area contributed by atoms with Crippen molar-refractivity contribution in [3.05, 3.63) is 60.7 Å². The van der Waals surface area contributed by atoms with Crippen molar-refractivity contribution in [3.8, 4) is 0 Å². The van der Waals surface area contributed by atoms with Gasteiger partial charge in [0, 0.05) is 23.5 Å². The van der Waals surface area contributed by atoms with Crippen LogP contribution in [0.15, 0.2) is 70.5 Å². The van der Waals surface area contributed by atoms with Gasteiger partial charge in [-0.1, -0.05) is 36.4 Å². The molecule has 0 amide bonds. The summed E-state index contributed by atoms with van der Waals surface area (Å²) in [6, 6.07) is 21.4. The van der Waals surface area contributed by atoms with Gasteiger partial charge in [0.25, 0.3) is 0 Å². The molecule has 2 rings (SSSR count). The van der Waals surface area contributed by atoms with E-state index in [4.69, 9.17) is 18.8 Å². The first-order chi connectivity index (χ1) is 9.36. The maximum atomic E-state index is 4.88. The van der Waals surface area contributed by atoms with Crippen LogP contribution in [0.2, 0.25) is 0 Å². The molecule has 106 valence electrons. The average molecular weight is 514 g/mol. The Kier molecular flexibility index (Phi) is 11.2. The Hall–Kier alpha value is 0.408. The molecule has 0 nitrogen and oxygen atoms in total. The molecule has 0 radical (unpaired) electrons. The third kappa shape index (κ3) is 9.04. The molecule has 0 N–H and O–H groups in total. The predicted octanol–water partition coefficient (Wildman–Crippen LogP) is 4.11. The predicted molar refractivity (Wildman–Crippen MR) is 88.4 cm³/mol. The third-order valence-corrected chi connectivity index (χ3v) is 4.77. The van der Waals surface area contributed by atoms with Crippen LogP contribution in [0.3, 0.4) is 0 Å². The largest absolute Gasteiger partial charge is 0.155 e. The molecule has 0 aliphatic heterocycles. The first kappa shape index (κ1) is 17.5. The van der Waals surface area contributed by atoms with E-state index < -0.39 is 16.5 Å². The van der Waals surface area contributed by atoms with E-state index in [2.05, 4.69) is 60.7 Å². The van der Waals surface area contributed by atoms with E-state index in [1.807, 2.05) is 0 Å². The molecule has 0 saturated carbocycles. The summed E-state index contributed by atoms with van der Waals surface area (Å²) in [4.78, 5) is 2.84. The van der Waals surface area contributed by atoms with Crippen LogP contribution in [-0.4, -0.2) is 11.5 Å². The Balaban J connectivity index is 0.000000550. The standard InChI is InChI=1S/C14H14S2.2ClH.Pt/c1-3-7-13(8-4-1)15-11-12-16-14-9-5-2-6-10-14;;;/h1-10H,11-12H2;2*1H;/q;;;+2. The van der Waals surface area contributed by atoms with E-state index in [1.54, 1.807) is 0 Å². The van der Waals surface area contributed by atoms with Crippen LogP contribution in [0, 0.1) is 0 Å². The molecule has 0 atom stereocenters. The first-order valence-electron chi connectivity index (χ1n) is 5.64. The van der Waals surface area contributed by atoms with Crippen molar-refractivity contribution < 1.29 is 16.5 Å². The normalized spacial score (nSPS) is 9.79. The fourth-order valence-corrected chi connectivity index (χ4v) is 3.51. The number of benzene rings is 2.